The van der Waals surface area contributed by atoms with Crippen LogP contribution in [0.2, 0.25) is 5.02 Å². The maximum atomic E-state index is 11.8. The highest BCUT2D eigenvalue weighted by atomic mass is 35.5. The lowest BCUT2D eigenvalue weighted by Crippen LogP contribution is -2.45. The molecule has 1 aromatic carbocycles. The second kappa shape index (κ2) is 9.52. The van der Waals surface area contributed by atoms with Gasteiger partial charge in [-0.15, -0.1) is 0 Å². The first kappa shape index (κ1) is 18.6. The van der Waals surface area contributed by atoms with E-state index in [1.165, 1.54) is 5.56 Å². The van der Waals surface area contributed by atoms with Gasteiger partial charge in [-0.05, 0) is 37.5 Å². The van der Waals surface area contributed by atoms with Gasteiger partial charge in [-0.1, -0.05) is 30.7 Å². The van der Waals surface area contributed by atoms with Crippen LogP contribution in [0.4, 0.5) is 0 Å². The van der Waals surface area contributed by atoms with Gasteiger partial charge in [0.05, 0.1) is 0 Å². The van der Waals surface area contributed by atoms with Crippen LogP contribution in [0.25, 0.3) is 0 Å². The van der Waals surface area contributed by atoms with E-state index in [4.69, 9.17) is 11.6 Å². The minimum Gasteiger partial charge on any atom is -0.357 e. The van der Waals surface area contributed by atoms with Gasteiger partial charge in [0.1, 0.15) is 0 Å². The molecule has 5 nitrogen and oxygen atoms in total. The fourth-order valence-electron chi connectivity index (χ4n) is 2.79. The molecule has 0 spiro atoms. The van der Waals surface area contributed by atoms with Crippen molar-refractivity contribution in [3.05, 3.63) is 34.9 Å². The maximum absolute atomic E-state index is 11.8. The first-order chi connectivity index (χ1) is 11.6. The van der Waals surface area contributed by atoms with E-state index in [-0.39, 0.29) is 11.9 Å². The lowest BCUT2D eigenvalue weighted by molar-refractivity contribution is -0.129. The molecule has 1 amide bonds. The van der Waals surface area contributed by atoms with Crippen LogP contribution in [0.15, 0.2) is 29.3 Å². The summed E-state index contributed by atoms with van der Waals surface area (Å²) in [6.07, 6.45) is 2.41. The van der Waals surface area contributed by atoms with Crippen LogP contribution in [0.1, 0.15) is 32.3 Å². The van der Waals surface area contributed by atoms with E-state index >= 15 is 0 Å². The van der Waals surface area contributed by atoms with Crippen molar-refractivity contribution in [2.75, 3.05) is 26.2 Å². The lowest BCUT2D eigenvalue weighted by Gasteiger charge is -2.18. The standard InChI is InChI=1S/C18H27ClN4O/c1-3-17(24)23-12-10-16(13-23)22-18(20-4-2)21-11-9-14-5-7-15(19)8-6-14/h5-8,16H,3-4,9-13H2,1-2H3,(H2,20,21,22). The second-order valence-corrected chi connectivity index (χ2v) is 6.40. The Morgan fingerprint density at radius 1 is 1.33 bits per heavy atom. The van der Waals surface area contributed by atoms with Gasteiger partial charge in [0.2, 0.25) is 5.91 Å². The predicted octanol–water partition coefficient (Wildman–Crippen LogP) is 2.45. The predicted molar refractivity (Wildman–Crippen MR) is 99.5 cm³/mol. The summed E-state index contributed by atoms with van der Waals surface area (Å²) in [5.41, 5.74) is 1.22. The van der Waals surface area contributed by atoms with Gasteiger partial charge >= 0.3 is 0 Å². The molecule has 1 atom stereocenters. The minimum absolute atomic E-state index is 0.226. The SMILES string of the molecule is CCNC(=NCCc1ccc(Cl)cc1)NC1CCN(C(=O)CC)C1. The monoisotopic (exact) mass is 350 g/mol. The molecule has 1 heterocycles. The largest absolute Gasteiger partial charge is 0.357 e. The summed E-state index contributed by atoms with van der Waals surface area (Å²) in [6, 6.07) is 8.14. The van der Waals surface area contributed by atoms with Crippen LogP contribution in [-0.2, 0) is 11.2 Å². The van der Waals surface area contributed by atoms with E-state index in [1.54, 1.807) is 0 Å². The summed E-state index contributed by atoms with van der Waals surface area (Å²) in [7, 11) is 0. The van der Waals surface area contributed by atoms with Crippen LogP contribution in [0.3, 0.4) is 0 Å². The topological polar surface area (TPSA) is 56.7 Å². The van der Waals surface area contributed by atoms with Crippen molar-refractivity contribution >= 4 is 23.5 Å². The fourth-order valence-corrected chi connectivity index (χ4v) is 2.92. The zero-order valence-corrected chi connectivity index (χ0v) is 15.3. The third kappa shape index (κ3) is 5.71. The van der Waals surface area contributed by atoms with Crippen LogP contribution in [0.5, 0.6) is 0 Å². The summed E-state index contributed by atoms with van der Waals surface area (Å²) >= 11 is 5.90. The van der Waals surface area contributed by atoms with Crippen molar-refractivity contribution in [1.82, 2.24) is 15.5 Å². The number of nitrogens with zero attached hydrogens (tertiary/aromatic N) is 2. The van der Waals surface area contributed by atoms with Crippen molar-refractivity contribution in [3.8, 4) is 0 Å². The normalized spacial score (nSPS) is 17.9. The Balaban J connectivity index is 1.84. The Bertz CT molecular complexity index is 559. The minimum atomic E-state index is 0.226. The number of hydrogen-bond acceptors (Lipinski definition) is 2. The number of halogens is 1. The molecule has 0 aliphatic carbocycles. The average molecular weight is 351 g/mol. The molecular formula is C18H27ClN4O. The Hall–Kier alpha value is -1.75. The highest BCUT2D eigenvalue weighted by Crippen LogP contribution is 2.11. The molecule has 2 N–H and O–H groups in total. The number of aliphatic imine (C=N–C) groups is 1. The number of carbonyl (C=O) groups excluding carboxylic acids is 1. The van der Waals surface area contributed by atoms with Crippen molar-refractivity contribution in [2.24, 2.45) is 4.99 Å². The maximum Gasteiger partial charge on any atom is 0.222 e. The molecule has 2 rings (SSSR count). The van der Waals surface area contributed by atoms with Crippen LogP contribution >= 0.6 is 11.6 Å². The van der Waals surface area contributed by atoms with Gasteiger partial charge in [-0.25, -0.2) is 0 Å². The zero-order valence-electron chi connectivity index (χ0n) is 14.5. The van der Waals surface area contributed by atoms with Crippen molar-refractivity contribution < 1.29 is 4.79 Å². The number of likely N-dealkylation sites (tertiary alicyclic amines) is 1. The molecular weight excluding hydrogens is 324 g/mol. The van der Waals surface area contributed by atoms with Crippen molar-refractivity contribution in [3.63, 3.8) is 0 Å². The number of rotatable bonds is 6. The fraction of sp³-hybridized carbons (Fsp3) is 0.556. The smallest absolute Gasteiger partial charge is 0.222 e. The first-order valence-corrected chi connectivity index (χ1v) is 9.07. The molecule has 1 aliphatic rings. The number of hydrogen-bond donors (Lipinski definition) is 2. The van der Waals surface area contributed by atoms with E-state index in [0.717, 1.165) is 43.5 Å². The second-order valence-electron chi connectivity index (χ2n) is 5.96. The van der Waals surface area contributed by atoms with E-state index in [0.29, 0.717) is 13.0 Å². The third-order valence-corrected chi connectivity index (χ3v) is 4.36. The lowest BCUT2D eigenvalue weighted by atomic mass is 10.1. The Morgan fingerprint density at radius 3 is 2.75 bits per heavy atom. The summed E-state index contributed by atoms with van der Waals surface area (Å²) < 4.78 is 0. The summed E-state index contributed by atoms with van der Waals surface area (Å²) in [4.78, 5) is 18.3. The first-order valence-electron chi connectivity index (χ1n) is 8.69. The van der Waals surface area contributed by atoms with E-state index in [1.807, 2.05) is 36.1 Å². The zero-order chi connectivity index (χ0) is 17.4. The van der Waals surface area contributed by atoms with Crippen molar-refractivity contribution in [1.29, 1.82) is 0 Å². The molecule has 6 heteroatoms. The van der Waals surface area contributed by atoms with Gasteiger partial charge in [-0.3, -0.25) is 9.79 Å². The van der Waals surface area contributed by atoms with E-state index in [2.05, 4.69) is 22.5 Å². The Morgan fingerprint density at radius 2 is 2.08 bits per heavy atom. The molecule has 0 radical (unpaired) electrons. The molecule has 0 bridgehead atoms. The molecule has 1 saturated heterocycles. The van der Waals surface area contributed by atoms with Crippen molar-refractivity contribution in [2.45, 2.75) is 39.2 Å². The summed E-state index contributed by atoms with van der Waals surface area (Å²) in [6.45, 7) is 7.07. The summed E-state index contributed by atoms with van der Waals surface area (Å²) in [5, 5.41) is 7.48. The number of amides is 1. The third-order valence-electron chi connectivity index (χ3n) is 4.11. The molecule has 0 saturated carbocycles. The number of benzene rings is 1. The summed E-state index contributed by atoms with van der Waals surface area (Å²) in [5.74, 6) is 1.05. The average Bonchev–Trinajstić information content (AvgIpc) is 3.04. The van der Waals surface area contributed by atoms with Crippen LogP contribution in [-0.4, -0.2) is 49.0 Å². The van der Waals surface area contributed by atoms with Gasteiger partial charge in [0, 0.05) is 43.7 Å². The highest BCUT2D eigenvalue weighted by Gasteiger charge is 2.25. The molecule has 132 valence electrons. The molecule has 1 unspecified atom stereocenters. The quantitative estimate of drug-likeness (QED) is 0.612. The highest BCUT2D eigenvalue weighted by molar-refractivity contribution is 6.30. The molecule has 0 aromatic heterocycles. The molecule has 1 aromatic rings. The number of guanidine groups is 1. The Labute approximate surface area is 149 Å². The van der Waals surface area contributed by atoms with Crippen LogP contribution < -0.4 is 10.6 Å². The molecule has 24 heavy (non-hydrogen) atoms. The van der Waals surface area contributed by atoms with Crippen LogP contribution in [0, 0.1) is 0 Å². The molecule has 1 fully saturated rings. The van der Waals surface area contributed by atoms with E-state index in [9.17, 15) is 4.79 Å². The number of carbonyl (C=O) groups is 1. The van der Waals surface area contributed by atoms with E-state index < -0.39 is 0 Å². The number of nitrogens with one attached hydrogen (secondary N) is 2. The molecule has 1 aliphatic heterocycles. The van der Waals surface area contributed by atoms with Gasteiger partial charge in [-0.2, -0.15) is 0 Å². The van der Waals surface area contributed by atoms with Gasteiger partial charge < -0.3 is 15.5 Å². The Kier molecular flexibility index (Phi) is 7.37. The van der Waals surface area contributed by atoms with Gasteiger partial charge in [0.25, 0.3) is 0 Å². The van der Waals surface area contributed by atoms with Gasteiger partial charge in [0.15, 0.2) is 5.96 Å².